The highest BCUT2D eigenvalue weighted by atomic mass is 16.6. The van der Waals surface area contributed by atoms with Gasteiger partial charge in [-0.1, -0.05) is 20.3 Å². The number of non-ortho nitro benzene ring substituents is 1. The third-order valence-corrected chi connectivity index (χ3v) is 5.15. The number of carbonyl (C=O) groups excluding carboxylic acids is 2. The van der Waals surface area contributed by atoms with Crippen LogP contribution >= 0.6 is 0 Å². The number of amides is 1. The predicted octanol–water partition coefficient (Wildman–Crippen LogP) is 1.42. The van der Waals surface area contributed by atoms with Crippen LogP contribution in [-0.2, 0) is 14.3 Å². The Kier molecular flexibility index (Phi) is 7.74. The van der Waals surface area contributed by atoms with Crippen molar-refractivity contribution in [2.75, 3.05) is 44.7 Å². The number of nitrogens with zero attached hydrogens (tertiary/aromatic N) is 3. The molecule has 0 aromatic heterocycles. The minimum absolute atomic E-state index is 0.00427. The molecular weight excluding hydrogens is 364 g/mol. The minimum Gasteiger partial charge on any atom is -0.467 e. The van der Waals surface area contributed by atoms with Gasteiger partial charge in [0.15, 0.2) is 0 Å². The summed E-state index contributed by atoms with van der Waals surface area (Å²) in [5, 5.41) is 13.5. The van der Waals surface area contributed by atoms with E-state index in [-0.39, 0.29) is 24.1 Å². The molecule has 1 fully saturated rings. The van der Waals surface area contributed by atoms with Gasteiger partial charge >= 0.3 is 5.97 Å². The molecule has 9 heteroatoms. The van der Waals surface area contributed by atoms with E-state index < -0.39 is 16.9 Å². The summed E-state index contributed by atoms with van der Waals surface area (Å²) in [6.07, 6.45) is 0.758. The van der Waals surface area contributed by atoms with Gasteiger partial charge in [0.05, 0.1) is 18.6 Å². The normalized spacial score (nSPS) is 16.9. The third-order valence-electron chi connectivity index (χ3n) is 5.15. The summed E-state index contributed by atoms with van der Waals surface area (Å²) >= 11 is 0. The number of nitro benzene ring substituents is 1. The molecule has 154 valence electrons. The van der Waals surface area contributed by atoms with Crippen molar-refractivity contribution in [2.45, 2.75) is 26.3 Å². The highest BCUT2D eigenvalue weighted by Gasteiger charge is 2.28. The Bertz CT molecular complexity index is 686. The van der Waals surface area contributed by atoms with Crippen LogP contribution in [0.5, 0.6) is 0 Å². The van der Waals surface area contributed by atoms with Crippen LogP contribution in [0.1, 0.15) is 20.3 Å². The van der Waals surface area contributed by atoms with Crippen molar-refractivity contribution in [3.8, 4) is 0 Å². The zero-order valence-electron chi connectivity index (χ0n) is 16.6. The van der Waals surface area contributed by atoms with E-state index in [1.54, 1.807) is 12.1 Å². The Hall–Kier alpha value is -2.68. The number of hydrogen-bond acceptors (Lipinski definition) is 7. The average molecular weight is 392 g/mol. The number of esters is 1. The second kappa shape index (κ2) is 10.0. The fraction of sp³-hybridized carbons (Fsp3) is 0.579. The highest BCUT2D eigenvalue weighted by Crippen LogP contribution is 2.20. The number of methoxy groups -OCH3 is 1. The number of benzene rings is 1. The maximum absolute atomic E-state index is 12.4. The number of anilines is 1. The van der Waals surface area contributed by atoms with E-state index in [0.717, 1.165) is 25.2 Å². The standard InChI is InChI=1S/C19H28N4O5/c1-4-14(2)18(19(25)28-3)20-17(24)13-21-9-11-22(12-10-21)15-5-7-16(8-6-15)23(26)27/h5-8,14,18H,4,9-13H2,1-3H3,(H,20,24)/t14-,18+/m1/s1. The van der Waals surface area contributed by atoms with E-state index in [2.05, 4.69) is 10.2 Å². The largest absolute Gasteiger partial charge is 0.467 e. The van der Waals surface area contributed by atoms with Gasteiger partial charge in [0, 0.05) is 44.0 Å². The number of rotatable bonds is 8. The van der Waals surface area contributed by atoms with Gasteiger partial charge in [0.1, 0.15) is 6.04 Å². The number of ether oxygens (including phenoxy) is 1. The molecular formula is C19H28N4O5. The van der Waals surface area contributed by atoms with E-state index in [0.29, 0.717) is 13.1 Å². The van der Waals surface area contributed by atoms with Crippen LogP contribution in [0, 0.1) is 16.0 Å². The van der Waals surface area contributed by atoms with E-state index >= 15 is 0 Å². The summed E-state index contributed by atoms with van der Waals surface area (Å²) in [4.78, 5) is 38.8. The molecule has 1 amide bonds. The van der Waals surface area contributed by atoms with Crippen molar-refractivity contribution in [3.05, 3.63) is 34.4 Å². The predicted molar refractivity (Wildman–Crippen MR) is 105 cm³/mol. The number of hydrogen-bond donors (Lipinski definition) is 1. The molecule has 1 aliphatic heterocycles. The van der Waals surface area contributed by atoms with Gasteiger partial charge in [-0.2, -0.15) is 0 Å². The molecule has 1 N–H and O–H groups in total. The van der Waals surface area contributed by atoms with Gasteiger partial charge in [0.2, 0.25) is 5.91 Å². The first-order valence-electron chi connectivity index (χ1n) is 9.44. The summed E-state index contributed by atoms with van der Waals surface area (Å²) in [6.45, 7) is 6.91. The lowest BCUT2D eigenvalue weighted by Crippen LogP contribution is -2.52. The van der Waals surface area contributed by atoms with Crippen molar-refractivity contribution in [1.29, 1.82) is 0 Å². The Labute approximate surface area is 164 Å². The second-order valence-electron chi connectivity index (χ2n) is 6.99. The lowest BCUT2D eigenvalue weighted by atomic mass is 9.99. The van der Waals surface area contributed by atoms with Gasteiger partial charge in [-0.05, 0) is 18.1 Å². The molecule has 0 spiro atoms. The number of nitro groups is 1. The first-order valence-corrected chi connectivity index (χ1v) is 9.44. The molecule has 1 aromatic rings. The molecule has 0 saturated carbocycles. The van der Waals surface area contributed by atoms with Crippen molar-refractivity contribution in [3.63, 3.8) is 0 Å². The zero-order chi connectivity index (χ0) is 20.7. The van der Waals surface area contributed by atoms with Gasteiger partial charge in [-0.3, -0.25) is 19.8 Å². The molecule has 9 nitrogen and oxygen atoms in total. The molecule has 0 bridgehead atoms. The maximum Gasteiger partial charge on any atom is 0.328 e. The third kappa shape index (κ3) is 5.66. The lowest BCUT2D eigenvalue weighted by Gasteiger charge is -2.36. The molecule has 1 saturated heterocycles. The quantitative estimate of drug-likeness (QED) is 0.405. The van der Waals surface area contributed by atoms with Crippen LogP contribution < -0.4 is 10.2 Å². The van der Waals surface area contributed by atoms with Crippen LogP contribution in [0.15, 0.2) is 24.3 Å². The van der Waals surface area contributed by atoms with E-state index in [1.165, 1.54) is 19.2 Å². The minimum atomic E-state index is -0.635. The Balaban J connectivity index is 1.85. The maximum atomic E-state index is 12.4. The summed E-state index contributed by atoms with van der Waals surface area (Å²) in [5.74, 6) is -0.624. The van der Waals surface area contributed by atoms with Crippen molar-refractivity contribution >= 4 is 23.3 Å². The first kappa shape index (κ1) is 21.6. The number of nitrogens with one attached hydrogen (secondary N) is 1. The molecule has 0 radical (unpaired) electrons. The van der Waals surface area contributed by atoms with E-state index in [9.17, 15) is 19.7 Å². The zero-order valence-corrected chi connectivity index (χ0v) is 16.6. The Morgan fingerprint density at radius 2 is 1.82 bits per heavy atom. The van der Waals surface area contributed by atoms with Crippen molar-refractivity contribution in [1.82, 2.24) is 10.2 Å². The second-order valence-corrected chi connectivity index (χ2v) is 6.99. The van der Waals surface area contributed by atoms with Crippen molar-refractivity contribution in [2.24, 2.45) is 5.92 Å². The topological polar surface area (TPSA) is 105 Å². The van der Waals surface area contributed by atoms with Crippen LogP contribution in [0.2, 0.25) is 0 Å². The summed E-state index contributed by atoms with van der Waals surface area (Å²) in [6, 6.07) is 5.85. The number of piperazine rings is 1. The molecule has 28 heavy (non-hydrogen) atoms. The molecule has 1 heterocycles. The summed E-state index contributed by atoms with van der Waals surface area (Å²) in [7, 11) is 1.32. The van der Waals surface area contributed by atoms with Gasteiger partial charge < -0.3 is 15.0 Å². The van der Waals surface area contributed by atoms with Crippen LogP contribution in [-0.4, -0.2) is 67.6 Å². The lowest BCUT2D eigenvalue weighted by molar-refractivity contribution is -0.384. The molecule has 2 atom stereocenters. The number of carbonyl (C=O) groups is 2. The summed E-state index contributed by atoms with van der Waals surface area (Å²) in [5.41, 5.74) is 0.998. The van der Waals surface area contributed by atoms with Gasteiger partial charge in [-0.25, -0.2) is 4.79 Å². The average Bonchev–Trinajstić information content (AvgIpc) is 2.71. The Morgan fingerprint density at radius 3 is 2.32 bits per heavy atom. The summed E-state index contributed by atoms with van der Waals surface area (Å²) < 4.78 is 4.80. The molecule has 0 aliphatic carbocycles. The first-order chi connectivity index (χ1) is 13.3. The molecule has 1 aliphatic rings. The molecule has 1 aromatic carbocycles. The van der Waals surface area contributed by atoms with E-state index in [4.69, 9.17) is 4.74 Å². The monoisotopic (exact) mass is 392 g/mol. The van der Waals surface area contributed by atoms with Crippen LogP contribution in [0.25, 0.3) is 0 Å². The van der Waals surface area contributed by atoms with Crippen LogP contribution in [0.4, 0.5) is 11.4 Å². The van der Waals surface area contributed by atoms with E-state index in [1.807, 2.05) is 18.7 Å². The SMILES string of the molecule is CC[C@@H](C)[C@H](NC(=O)CN1CCN(c2ccc([N+](=O)[O-])cc2)CC1)C(=O)OC. The van der Waals surface area contributed by atoms with Gasteiger partial charge in [0.25, 0.3) is 5.69 Å². The van der Waals surface area contributed by atoms with Gasteiger partial charge in [-0.15, -0.1) is 0 Å². The molecule has 0 unspecified atom stereocenters. The smallest absolute Gasteiger partial charge is 0.328 e. The van der Waals surface area contributed by atoms with Crippen molar-refractivity contribution < 1.29 is 19.2 Å². The molecule has 2 rings (SSSR count). The highest BCUT2D eigenvalue weighted by molar-refractivity contribution is 5.85. The fourth-order valence-corrected chi connectivity index (χ4v) is 3.17. The van der Waals surface area contributed by atoms with Crippen LogP contribution in [0.3, 0.4) is 0 Å². The Morgan fingerprint density at radius 1 is 1.21 bits per heavy atom. The fourth-order valence-electron chi connectivity index (χ4n) is 3.17.